The molecular formula is C9H6Br2N2O. The van der Waals surface area contributed by atoms with E-state index in [1.807, 2.05) is 18.3 Å². The molecule has 3 N–H and O–H groups in total. The Morgan fingerprint density at radius 2 is 2.14 bits per heavy atom. The van der Waals surface area contributed by atoms with E-state index < -0.39 is 5.91 Å². The molecule has 0 radical (unpaired) electrons. The zero-order valence-corrected chi connectivity index (χ0v) is 10.1. The first-order chi connectivity index (χ1) is 6.61. The lowest BCUT2D eigenvalue weighted by Gasteiger charge is -2.04. The molecular weight excluding hydrogens is 312 g/mol. The summed E-state index contributed by atoms with van der Waals surface area (Å²) < 4.78 is 1.41. The molecule has 1 aromatic heterocycles. The average Bonchev–Trinajstić information content (AvgIpc) is 2.50. The summed E-state index contributed by atoms with van der Waals surface area (Å²) in [6, 6.07) is 3.72. The Morgan fingerprint density at radius 3 is 2.79 bits per heavy atom. The number of nitrogens with one attached hydrogen (secondary N) is 1. The summed E-state index contributed by atoms with van der Waals surface area (Å²) >= 11 is 6.66. The molecule has 0 atom stereocenters. The van der Waals surface area contributed by atoms with Gasteiger partial charge in [0.05, 0.1) is 5.56 Å². The van der Waals surface area contributed by atoms with E-state index in [4.69, 9.17) is 5.73 Å². The standard InChI is InChI=1S/C9H6Br2N2O/c10-5-3-6-4(1-2-13-6)8(11)7(5)9(12)14/h1-3,13H,(H2,12,14). The monoisotopic (exact) mass is 316 g/mol. The summed E-state index contributed by atoms with van der Waals surface area (Å²) in [7, 11) is 0. The molecule has 0 aliphatic rings. The first-order valence-electron chi connectivity index (χ1n) is 3.86. The average molecular weight is 318 g/mol. The van der Waals surface area contributed by atoms with Crippen LogP contribution in [0.2, 0.25) is 0 Å². The summed E-state index contributed by atoms with van der Waals surface area (Å²) in [6.07, 6.45) is 1.81. The van der Waals surface area contributed by atoms with Crippen molar-refractivity contribution in [3.63, 3.8) is 0 Å². The summed E-state index contributed by atoms with van der Waals surface area (Å²) in [6.45, 7) is 0. The van der Waals surface area contributed by atoms with Gasteiger partial charge >= 0.3 is 0 Å². The van der Waals surface area contributed by atoms with Gasteiger partial charge in [-0.2, -0.15) is 0 Å². The third kappa shape index (κ3) is 1.36. The van der Waals surface area contributed by atoms with E-state index in [1.54, 1.807) is 0 Å². The molecule has 0 saturated carbocycles. The molecule has 0 bridgehead atoms. The van der Waals surface area contributed by atoms with Gasteiger partial charge in [0.15, 0.2) is 0 Å². The van der Waals surface area contributed by atoms with Crippen LogP contribution in [-0.4, -0.2) is 10.9 Å². The molecule has 72 valence electrons. The van der Waals surface area contributed by atoms with Crippen LogP contribution in [0.5, 0.6) is 0 Å². The van der Waals surface area contributed by atoms with E-state index in [9.17, 15) is 4.79 Å². The molecule has 0 unspecified atom stereocenters. The molecule has 1 aromatic carbocycles. The Balaban J connectivity index is 2.89. The first kappa shape index (κ1) is 9.73. The maximum absolute atomic E-state index is 11.2. The van der Waals surface area contributed by atoms with E-state index in [-0.39, 0.29) is 0 Å². The van der Waals surface area contributed by atoms with Gasteiger partial charge in [-0.25, -0.2) is 0 Å². The Hall–Kier alpha value is -0.810. The highest BCUT2D eigenvalue weighted by Crippen LogP contribution is 2.32. The lowest BCUT2D eigenvalue weighted by molar-refractivity contribution is 0.0999. The highest BCUT2D eigenvalue weighted by Gasteiger charge is 2.14. The predicted octanol–water partition coefficient (Wildman–Crippen LogP) is 2.79. The van der Waals surface area contributed by atoms with E-state index in [0.717, 1.165) is 15.4 Å². The number of hydrogen-bond donors (Lipinski definition) is 2. The smallest absolute Gasteiger partial charge is 0.251 e. The van der Waals surface area contributed by atoms with Crippen LogP contribution in [0.1, 0.15) is 10.4 Å². The van der Waals surface area contributed by atoms with E-state index >= 15 is 0 Å². The van der Waals surface area contributed by atoms with Gasteiger partial charge in [0.25, 0.3) is 5.91 Å². The molecule has 0 saturated heterocycles. The number of benzene rings is 1. The van der Waals surface area contributed by atoms with Gasteiger partial charge in [0.1, 0.15) is 0 Å². The third-order valence-corrected chi connectivity index (χ3v) is 3.44. The van der Waals surface area contributed by atoms with Crippen LogP contribution in [0.25, 0.3) is 10.9 Å². The van der Waals surface area contributed by atoms with Gasteiger partial charge in [-0.1, -0.05) is 0 Å². The number of aromatic amines is 1. The minimum absolute atomic E-state index is 0.452. The van der Waals surface area contributed by atoms with Gasteiger partial charge in [-0.3, -0.25) is 4.79 Å². The van der Waals surface area contributed by atoms with Gasteiger partial charge in [0, 0.05) is 26.0 Å². The molecule has 0 aliphatic heterocycles. The Bertz CT molecular complexity index is 519. The van der Waals surface area contributed by atoms with Crippen LogP contribution in [0.3, 0.4) is 0 Å². The molecule has 1 heterocycles. The van der Waals surface area contributed by atoms with Crippen LogP contribution in [0.15, 0.2) is 27.3 Å². The number of primary amides is 1. The maximum atomic E-state index is 11.2. The lowest BCUT2D eigenvalue weighted by Crippen LogP contribution is -2.12. The van der Waals surface area contributed by atoms with Gasteiger partial charge in [0.2, 0.25) is 0 Å². The minimum Gasteiger partial charge on any atom is -0.366 e. The van der Waals surface area contributed by atoms with Crippen molar-refractivity contribution < 1.29 is 4.79 Å². The minimum atomic E-state index is -0.452. The quantitative estimate of drug-likeness (QED) is 0.835. The van der Waals surface area contributed by atoms with E-state index in [2.05, 4.69) is 36.8 Å². The van der Waals surface area contributed by atoms with Crippen molar-refractivity contribution in [2.75, 3.05) is 0 Å². The number of hydrogen-bond acceptors (Lipinski definition) is 1. The fourth-order valence-corrected chi connectivity index (χ4v) is 3.00. The second kappa shape index (κ2) is 3.40. The summed E-state index contributed by atoms with van der Waals surface area (Å²) in [4.78, 5) is 14.2. The van der Waals surface area contributed by atoms with Crippen LogP contribution in [0.4, 0.5) is 0 Å². The normalized spacial score (nSPS) is 10.7. The maximum Gasteiger partial charge on any atom is 0.251 e. The van der Waals surface area contributed by atoms with Crippen molar-refractivity contribution in [1.82, 2.24) is 4.98 Å². The van der Waals surface area contributed by atoms with E-state index in [0.29, 0.717) is 10.0 Å². The van der Waals surface area contributed by atoms with Crippen LogP contribution in [0, 0.1) is 0 Å². The fraction of sp³-hybridized carbons (Fsp3) is 0. The fourth-order valence-electron chi connectivity index (χ4n) is 1.36. The molecule has 14 heavy (non-hydrogen) atoms. The molecule has 3 nitrogen and oxygen atoms in total. The molecule has 0 aliphatic carbocycles. The number of halogens is 2. The number of fused-ring (bicyclic) bond motifs is 1. The molecule has 0 fully saturated rings. The topological polar surface area (TPSA) is 58.9 Å². The molecule has 2 aromatic rings. The van der Waals surface area contributed by atoms with Crippen LogP contribution >= 0.6 is 31.9 Å². The Morgan fingerprint density at radius 1 is 1.43 bits per heavy atom. The van der Waals surface area contributed by atoms with Crippen molar-refractivity contribution in [2.24, 2.45) is 5.73 Å². The van der Waals surface area contributed by atoms with Gasteiger partial charge < -0.3 is 10.7 Å². The SMILES string of the molecule is NC(=O)c1c(Br)cc2[nH]ccc2c1Br. The number of amides is 1. The number of carbonyl (C=O) groups is 1. The Labute approximate surface area is 96.9 Å². The van der Waals surface area contributed by atoms with Crippen molar-refractivity contribution in [3.05, 3.63) is 32.8 Å². The second-order valence-electron chi connectivity index (χ2n) is 2.85. The van der Waals surface area contributed by atoms with Gasteiger partial charge in [-0.05, 0) is 44.0 Å². The summed E-state index contributed by atoms with van der Waals surface area (Å²) in [5.74, 6) is -0.452. The van der Waals surface area contributed by atoms with Gasteiger partial charge in [-0.15, -0.1) is 0 Å². The number of H-pyrrole nitrogens is 1. The largest absolute Gasteiger partial charge is 0.366 e. The highest BCUT2D eigenvalue weighted by molar-refractivity contribution is 9.11. The third-order valence-electron chi connectivity index (χ3n) is 1.99. The number of nitrogens with two attached hydrogens (primary N) is 1. The zero-order valence-electron chi connectivity index (χ0n) is 6.97. The Kier molecular flexibility index (Phi) is 2.36. The molecule has 5 heteroatoms. The van der Waals surface area contributed by atoms with E-state index in [1.165, 1.54) is 0 Å². The zero-order chi connectivity index (χ0) is 10.3. The molecule has 0 spiro atoms. The van der Waals surface area contributed by atoms with Crippen LogP contribution in [-0.2, 0) is 0 Å². The summed E-state index contributed by atoms with van der Waals surface area (Å²) in [5, 5.41) is 0.946. The van der Waals surface area contributed by atoms with Crippen molar-refractivity contribution in [2.45, 2.75) is 0 Å². The highest BCUT2D eigenvalue weighted by atomic mass is 79.9. The van der Waals surface area contributed by atoms with Crippen molar-refractivity contribution in [3.8, 4) is 0 Å². The summed E-state index contributed by atoms with van der Waals surface area (Å²) in [5.41, 5.74) is 6.69. The number of aromatic nitrogens is 1. The number of rotatable bonds is 1. The van der Waals surface area contributed by atoms with Crippen LogP contribution < -0.4 is 5.73 Å². The lowest BCUT2D eigenvalue weighted by atomic mass is 10.1. The number of carbonyl (C=O) groups excluding carboxylic acids is 1. The van der Waals surface area contributed by atoms with Crippen molar-refractivity contribution in [1.29, 1.82) is 0 Å². The first-order valence-corrected chi connectivity index (χ1v) is 5.44. The molecule has 1 amide bonds. The van der Waals surface area contributed by atoms with Crippen molar-refractivity contribution >= 4 is 48.7 Å². The predicted molar refractivity (Wildman–Crippen MR) is 62.2 cm³/mol. The molecule has 2 rings (SSSR count). The second-order valence-corrected chi connectivity index (χ2v) is 4.50.